The molecule has 1 aliphatic carbocycles. The van der Waals surface area contributed by atoms with Crippen LogP contribution >= 0.6 is 0 Å². The van der Waals surface area contributed by atoms with Gasteiger partial charge in [-0.3, -0.25) is 4.79 Å². The molecular weight excluding hydrogens is 212 g/mol. The van der Waals surface area contributed by atoms with Crippen molar-refractivity contribution in [1.29, 1.82) is 0 Å². The van der Waals surface area contributed by atoms with Crippen LogP contribution < -0.4 is 0 Å². The van der Waals surface area contributed by atoms with E-state index in [1.165, 1.54) is 18.3 Å². The first kappa shape index (κ1) is 14.0. The molecule has 2 heteroatoms. The van der Waals surface area contributed by atoms with Gasteiger partial charge in [-0.15, -0.1) is 0 Å². The van der Waals surface area contributed by atoms with Gasteiger partial charge in [-0.05, 0) is 52.9 Å². The summed E-state index contributed by atoms with van der Waals surface area (Å²) in [6.45, 7) is 6.26. The third kappa shape index (κ3) is 4.03. The molecule has 0 aromatic rings. The molecule has 0 aliphatic heterocycles. The summed E-state index contributed by atoms with van der Waals surface area (Å²) in [5, 5.41) is 0. The monoisotopic (exact) mass is 236 g/mol. The zero-order chi connectivity index (χ0) is 12.9. The van der Waals surface area contributed by atoms with Gasteiger partial charge in [-0.1, -0.05) is 23.3 Å². The molecular formula is C15H24O2. The minimum Gasteiger partial charge on any atom is -0.469 e. The molecule has 2 nitrogen and oxygen atoms in total. The van der Waals surface area contributed by atoms with E-state index in [-0.39, 0.29) is 11.4 Å². The second-order valence-corrected chi connectivity index (χ2v) is 5.45. The Labute approximate surface area is 105 Å². The number of hydrogen-bond donors (Lipinski definition) is 0. The molecule has 0 N–H and O–H groups in total. The highest BCUT2D eigenvalue weighted by atomic mass is 16.5. The second kappa shape index (κ2) is 6.04. The van der Waals surface area contributed by atoms with Gasteiger partial charge in [0.1, 0.15) is 0 Å². The Morgan fingerprint density at radius 1 is 1.53 bits per heavy atom. The van der Waals surface area contributed by atoms with Crippen LogP contribution in [0.1, 0.15) is 52.9 Å². The Bertz CT molecular complexity index is 335. The molecule has 1 aliphatic rings. The van der Waals surface area contributed by atoms with Crippen molar-refractivity contribution in [2.24, 2.45) is 5.41 Å². The first-order chi connectivity index (χ1) is 7.98. The van der Waals surface area contributed by atoms with Gasteiger partial charge >= 0.3 is 5.97 Å². The molecule has 0 aromatic heterocycles. The lowest BCUT2D eigenvalue weighted by Crippen LogP contribution is -2.31. The first-order valence-electron chi connectivity index (χ1n) is 6.37. The number of ether oxygens (including phenoxy) is 1. The molecule has 0 spiro atoms. The average molecular weight is 236 g/mol. The lowest BCUT2D eigenvalue weighted by Gasteiger charge is -2.31. The minimum absolute atomic E-state index is 0.0645. The SMILES string of the molecule is COC(=O)C1(C)CCC=C(CCC=C(C)C)C1. The second-order valence-electron chi connectivity index (χ2n) is 5.45. The van der Waals surface area contributed by atoms with Gasteiger partial charge in [-0.25, -0.2) is 0 Å². The van der Waals surface area contributed by atoms with Gasteiger partial charge in [0.25, 0.3) is 0 Å². The predicted molar refractivity (Wildman–Crippen MR) is 70.7 cm³/mol. The van der Waals surface area contributed by atoms with E-state index >= 15 is 0 Å². The first-order valence-corrected chi connectivity index (χ1v) is 6.37. The predicted octanol–water partition coefficient (Wildman–Crippen LogP) is 4.02. The number of carbonyl (C=O) groups excluding carboxylic acids is 1. The molecule has 1 atom stereocenters. The third-order valence-electron chi connectivity index (χ3n) is 3.44. The summed E-state index contributed by atoms with van der Waals surface area (Å²) in [7, 11) is 1.48. The highest BCUT2D eigenvalue weighted by molar-refractivity contribution is 5.76. The Hall–Kier alpha value is -1.05. The van der Waals surface area contributed by atoms with E-state index in [2.05, 4.69) is 26.0 Å². The number of hydrogen-bond acceptors (Lipinski definition) is 2. The van der Waals surface area contributed by atoms with Crippen molar-refractivity contribution >= 4 is 5.97 Å². The molecule has 0 saturated heterocycles. The normalized spacial score (nSPS) is 23.9. The molecule has 96 valence electrons. The van der Waals surface area contributed by atoms with Crippen molar-refractivity contribution in [3.63, 3.8) is 0 Å². The molecule has 0 aromatic carbocycles. The molecule has 1 unspecified atom stereocenters. The Balaban J connectivity index is 2.57. The molecule has 0 saturated carbocycles. The van der Waals surface area contributed by atoms with Crippen LogP contribution in [0, 0.1) is 5.41 Å². The summed E-state index contributed by atoms with van der Waals surface area (Å²) in [5.74, 6) is -0.0645. The number of carbonyl (C=O) groups is 1. The molecule has 17 heavy (non-hydrogen) atoms. The average Bonchev–Trinajstić information content (AvgIpc) is 2.27. The van der Waals surface area contributed by atoms with Crippen LogP contribution in [0.3, 0.4) is 0 Å². The highest BCUT2D eigenvalue weighted by Gasteiger charge is 2.36. The lowest BCUT2D eigenvalue weighted by molar-refractivity contribution is -0.152. The Morgan fingerprint density at radius 3 is 2.82 bits per heavy atom. The van der Waals surface area contributed by atoms with Crippen LogP contribution in [0.5, 0.6) is 0 Å². The summed E-state index contributed by atoms with van der Waals surface area (Å²) in [6.07, 6.45) is 9.45. The largest absolute Gasteiger partial charge is 0.469 e. The van der Waals surface area contributed by atoms with Crippen molar-refractivity contribution in [2.45, 2.75) is 52.9 Å². The van der Waals surface area contributed by atoms with Crippen molar-refractivity contribution in [3.8, 4) is 0 Å². The highest BCUT2D eigenvalue weighted by Crippen LogP contribution is 2.38. The molecule has 1 rings (SSSR count). The van der Waals surface area contributed by atoms with Crippen molar-refractivity contribution in [1.82, 2.24) is 0 Å². The van der Waals surface area contributed by atoms with Crippen LogP contribution in [0.15, 0.2) is 23.3 Å². The van der Waals surface area contributed by atoms with Crippen molar-refractivity contribution in [2.75, 3.05) is 7.11 Å². The summed E-state index contributed by atoms with van der Waals surface area (Å²) in [4.78, 5) is 11.8. The number of esters is 1. The zero-order valence-corrected chi connectivity index (χ0v) is 11.5. The summed E-state index contributed by atoms with van der Waals surface area (Å²) in [6, 6.07) is 0. The van der Waals surface area contributed by atoms with Gasteiger partial charge < -0.3 is 4.74 Å². The van der Waals surface area contributed by atoms with E-state index in [4.69, 9.17) is 4.74 Å². The van der Waals surface area contributed by atoms with E-state index in [1.54, 1.807) is 0 Å². The summed E-state index contributed by atoms with van der Waals surface area (Å²) >= 11 is 0. The Kier molecular flexibility index (Phi) is 4.98. The van der Waals surface area contributed by atoms with E-state index < -0.39 is 0 Å². The van der Waals surface area contributed by atoms with Crippen molar-refractivity contribution in [3.05, 3.63) is 23.3 Å². The fourth-order valence-electron chi connectivity index (χ4n) is 2.41. The van der Waals surface area contributed by atoms with Crippen molar-refractivity contribution < 1.29 is 9.53 Å². The zero-order valence-electron chi connectivity index (χ0n) is 11.5. The molecule has 0 fully saturated rings. The van der Waals surface area contributed by atoms with Crippen LogP contribution in [0.2, 0.25) is 0 Å². The number of methoxy groups -OCH3 is 1. The summed E-state index contributed by atoms with van der Waals surface area (Å²) < 4.78 is 4.91. The van der Waals surface area contributed by atoms with E-state index in [9.17, 15) is 4.79 Å². The maximum absolute atomic E-state index is 11.8. The minimum atomic E-state index is -0.302. The van der Waals surface area contributed by atoms with E-state index in [1.807, 2.05) is 6.92 Å². The van der Waals surface area contributed by atoms with E-state index in [0.717, 1.165) is 32.1 Å². The number of allylic oxidation sites excluding steroid dienone is 4. The topological polar surface area (TPSA) is 26.3 Å². The lowest BCUT2D eigenvalue weighted by atomic mass is 9.74. The van der Waals surface area contributed by atoms with Crippen LogP contribution in [-0.2, 0) is 9.53 Å². The maximum atomic E-state index is 11.8. The maximum Gasteiger partial charge on any atom is 0.311 e. The standard InChI is InChI=1S/C15H24O2/c1-12(2)7-5-8-13-9-6-10-15(3,11-13)14(16)17-4/h7,9H,5-6,8,10-11H2,1-4H3. The van der Waals surface area contributed by atoms with Gasteiger partial charge in [0, 0.05) is 0 Å². The van der Waals surface area contributed by atoms with E-state index in [0.29, 0.717) is 0 Å². The van der Waals surface area contributed by atoms with Crippen LogP contribution in [0.25, 0.3) is 0 Å². The summed E-state index contributed by atoms with van der Waals surface area (Å²) in [5.41, 5.74) is 2.46. The smallest absolute Gasteiger partial charge is 0.311 e. The van der Waals surface area contributed by atoms with Crippen LogP contribution in [-0.4, -0.2) is 13.1 Å². The van der Waals surface area contributed by atoms with Gasteiger partial charge in [0.15, 0.2) is 0 Å². The fraction of sp³-hybridized carbons (Fsp3) is 0.667. The van der Waals surface area contributed by atoms with Gasteiger partial charge in [-0.2, -0.15) is 0 Å². The number of rotatable bonds is 4. The molecule has 0 bridgehead atoms. The molecule has 0 radical (unpaired) electrons. The third-order valence-corrected chi connectivity index (χ3v) is 3.44. The van der Waals surface area contributed by atoms with Crippen LogP contribution in [0.4, 0.5) is 0 Å². The quantitative estimate of drug-likeness (QED) is 0.544. The van der Waals surface area contributed by atoms with Gasteiger partial charge in [0.05, 0.1) is 12.5 Å². The molecule has 0 heterocycles. The Morgan fingerprint density at radius 2 is 2.24 bits per heavy atom. The van der Waals surface area contributed by atoms with Gasteiger partial charge in [0.2, 0.25) is 0 Å². The molecule has 0 amide bonds. The fourth-order valence-corrected chi connectivity index (χ4v) is 2.41.